The number of ether oxygens (including phenoxy) is 2. The van der Waals surface area contributed by atoms with Crippen LogP contribution in [0.3, 0.4) is 0 Å². The summed E-state index contributed by atoms with van der Waals surface area (Å²) < 4.78 is 11.1. The van der Waals surface area contributed by atoms with Gasteiger partial charge in [0.1, 0.15) is 13.2 Å². The summed E-state index contributed by atoms with van der Waals surface area (Å²) in [5.41, 5.74) is 0.597. The van der Waals surface area contributed by atoms with Gasteiger partial charge in [-0.25, -0.2) is 0 Å². The van der Waals surface area contributed by atoms with Crippen molar-refractivity contribution < 1.29 is 19.1 Å². The van der Waals surface area contributed by atoms with E-state index in [-0.39, 0.29) is 11.8 Å². The zero-order chi connectivity index (χ0) is 18.4. The van der Waals surface area contributed by atoms with Crippen molar-refractivity contribution in [1.82, 2.24) is 10.2 Å². The predicted molar refractivity (Wildman–Crippen MR) is 95.6 cm³/mol. The first-order valence-electron chi connectivity index (χ1n) is 8.68. The van der Waals surface area contributed by atoms with Crippen LogP contribution in [0.5, 0.6) is 11.5 Å². The quantitative estimate of drug-likeness (QED) is 0.802. The zero-order valence-corrected chi connectivity index (χ0v) is 15.6. The van der Waals surface area contributed by atoms with Gasteiger partial charge in [0, 0.05) is 32.0 Å². The first kappa shape index (κ1) is 19.1. The fourth-order valence-corrected chi connectivity index (χ4v) is 2.45. The van der Waals surface area contributed by atoms with Crippen LogP contribution >= 0.6 is 0 Å². The summed E-state index contributed by atoms with van der Waals surface area (Å²) >= 11 is 0. The van der Waals surface area contributed by atoms with Crippen molar-refractivity contribution in [2.45, 2.75) is 40.2 Å². The minimum Gasteiger partial charge on any atom is -0.486 e. The summed E-state index contributed by atoms with van der Waals surface area (Å²) in [7, 11) is 1.78. The second-order valence-electron chi connectivity index (χ2n) is 7.34. The molecule has 138 valence electrons. The molecule has 25 heavy (non-hydrogen) atoms. The number of benzene rings is 1. The predicted octanol–water partition coefficient (Wildman–Crippen LogP) is 2.36. The molecule has 0 bridgehead atoms. The monoisotopic (exact) mass is 348 g/mol. The number of carbonyl (C=O) groups excluding carboxylic acids is 2. The van der Waals surface area contributed by atoms with E-state index in [0.29, 0.717) is 39.1 Å². The largest absolute Gasteiger partial charge is 0.486 e. The number of nitrogens with zero attached hydrogens (tertiary/aromatic N) is 1. The van der Waals surface area contributed by atoms with Gasteiger partial charge in [-0.15, -0.1) is 0 Å². The Morgan fingerprint density at radius 3 is 2.52 bits per heavy atom. The standard InChI is InChI=1S/C19H28N2O4/c1-19(2,3)18(23)20-9-5-6-17(22)21(4)13-14-7-8-15-16(12-14)25-11-10-24-15/h7-8,12H,5-6,9-11,13H2,1-4H3,(H,20,23). The van der Waals surface area contributed by atoms with Gasteiger partial charge in [0.2, 0.25) is 11.8 Å². The summed E-state index contributed by atoms with van der Waals surface area (Å²) in [6, 6.07) is 5.74. The first-order valence-corrected chi connectivity index (χ1v) is 8.68. The second kappa shape index (κ2) is 8.23. The van der Waals surface area contributed by atoms with Crippen molar-refractivity contribution in [1.29, 1.82) is 0 Å². The maximum atomic E-state index is 12.2. The molecule has 1 aliphatic heterocycles. The molecule has 0 unspecified atom stereocenters. The van der Waals surface area contributed by atoms with Gasteiger partial charge in [-0.2, -0.15) is 0 Å². The molecule has 0 saturated heterocycles. The van der Waals surface area contributed by atoms with Crippen LogP contribution in [0.4, 0.5) is 0 Å². The van der Waals surface area contributed by atoms with Gasteiger partial charge in [-0.3, -0.25) is 9.59 Å². The highest BCUT2D eigenvalue weighted by molar-refractivity contribution is 5.81. The highest BCUT2D eigenvalue weighted by atomic mass is 16.6. The van der Waals surface area contributed by atoms with Gasteiger partial charge in [-0.1, -0.05) is 26.8 Å². The summed E-state index contributed by atoms with van der Waals surface area (Å²) in [6.07, 6.45) is 1.04. The van der Waals surface area contributed by atoms with Crippen LogP contribution in [0.25, 0.3) is 0 Å². The van der Waals surface area contributed by atoms with Crippen molar-refractivity contribution >= 4 is 11.8 Å². The smallest absolute Gasteiger partial charge is 0.225 e. The van der Waals surface area contributed by atoms with Gasteiger partial charge < -0.3 is 19.7 Å². The van der Waals surface area contributed by atoms with Gasteiger partial charge >= 0.3 is 0 Å². The normalized spacial score (nSPS) is 13.3. The van der Waals surface area contributed by atoms with E-state index in [1.807, 2.05) is 39.0 Å². The molecule has 0 radical (unpaired) electrons. The molecule has 2 amide bonds. The number of hydrogen-bond acceptors (Lipinski definition) is 4. The van der Waals surface area contributed by atoms with E-state index < -0.39 is 5.41 Å². The molecule has 1 aromatic rings. The molecule has 0 fully saturated rings. The molecule has 2 rings (SSSR count). The molecule has 1 heterocycles. The van der Waals surface area contributed by atoms with Gasteiger partial charge in [0.05, 0.1) is 0 Å². The van der Waals surface area contributed by atoms with Crippen LogP contribution in [0.2, 0.25) is 0 Å². The van der Waals surface area contributed by atoms with Crippen molar-refractivity contribution in [3.05, 3.63) is 23.8 Å². The molecule has 1 aliphatic rings. The third-order valence-corrected chi connectivity index (χ3v) is 3.99. The number of nitrogens with one attached hydrogen (secondary N) is 1. The van der Waals surface area contributed by atoms with E-state index in [2.05, 4.69) is 5.32 Å². The molecule has 0 saturated carbocycles. The minimum atomic E-state index is -0.404. The Hall–Kier alpha value is -2.24. The Labute approximate surface area is 149 Å². The van der Waals surface area contributed by atoms with Crippen molar-refractivity contribution in [2.75, 3.05) is 26.8 Å². The lowest BCUT2D eigenvalue weighted by Crippen LogP contribution is -2.35. The first-order chi connectivity index (χ1) is 11.8. The lowest BCUT2D eigenvalue weighted by Gasteiger charge is -2.21. The fourth-order valence-electron chi connectivity index (χ4n) is 2.45. The SMILES string of the molecule is CN(Cc1ccc2c(c1)OCCO2)C(=O)CCCNC(=O)C(C)(C)C. The van der Waals surface area contributed by atoms with Crippen molar-refractivity contribution in [3.8, 4) is 11.5 Å². The third-order valence-electron chi connectivity index (χ3n) is 3.99. The number of rotatable bonds is 6. The lowest BCUT2D eigenvalue weighted by atomic mass is 9.96. The topological polar surface area (TPSA) is 67.9 Å². The molecule has 6 heteroatoms. The number of carbonyl (C=O) groups is 2. The minimum absolute atomic E-state index is 0.00424. The molecular formula is C19H28N2O4. The Kier molecular flexibility index (Phi) is 6.28. The van der Waals surface area contributed by atoms with Crippen LogP contribution < -0.4 is 14.8 Å². The van der Waals surface area contributed by atoms with E-state index in [4.69, 9.17) is 9.47 Å². The van der Waals surface area contributed by atoms with E-state index in [0.717, 1.165) is 17.1 Å². The Balaban J connectivity index is 1.76. The summed E-state index contributed by atoms with van der Waals surface area (Å²) in [4.78, 5) is 25.7. The number of amides is 2. The number of hydrogen-bond donors (Lipinski definition) is 1. The Morgan fingerprint density at radius 1 is 1.16 bits per heavy atom. The average Bonchev–Trinajstić information content (AvgIpc) is 2.57. The number of fused-ring (bicyclic) bond motifs is 1. The maximum Gasteiger partial charge on any atom is 0.225 e. The Morgan fingerprint density at radius 2 is 1.84 bits per heavy atom. The van der Waals surface area contributed by atoms with Crippen LogP contribution in [-0.2, 0) is 16.1 Å². The third kappa shape index (κ3) is 5.66. The summed E-state index contributed by atoms with van der Waals surface area (Å²) in [5, 5.41) is 2.86. The highest BCUT2D eigenvalue weighted by Crippen LogP contribution is 2.31. The van der Waals surface area contributed by atoms with E-state index >= 15 is 0 Å². The van der Waals surface area contributed by atoms with Gasteiger partial charge in [0.15, 0.2) is 11.5 Å². The Bertz CT molecular complexity index is 622. The molecule has 0 atom stereocenters. The van der Waals surface area contributed by atoms with Crippen LogP contribution in [0, 0.1) is 5.41 Å². The van der Waals surface area contributed by atoms with Crippen molar-refractivity contribution in [3.63, 3.8) is 0 Å². The van der Waals surface area contributed by atoms with Gasteiger partial charge in [-0.05, 0) is 24.1 Å². The lowest BCUT2D eigenvalue weighted by molar-refractivity contribution is -0.131. The molecule has 0 aromatic heterocycles. The summed E-state index contributed by atoms with van der Waals surface area (Å²) in [5.74, 6) is 1.54. The van der Waals surface area contributed by atoms with Crippen LogP contribution in [0.15, 0.2) is 18.2 Å². The zero-order valence-electron chi connectivity index (χ0n) is 15.6. The van der Waals surface area contributed by atoms with Crippen LogP contribution in [-0.4, -0.2) is 43.5 Å². The average molecular weight is 348 g/mol. The molecule has 0 spiro atoms. The molecule has 1 aromatic carbocycles. The highest BCUT2D eigenvalue weighted by Gasteiger charge is 2.20. The van der Waals surface area contributed by atoms with Crippen LogP contribution in [0.1, 0.15) is 39.2 Å². The molecule has 6 nitrogen and oxygen atoms in total. The second-order valence-corrected chi connectivity index (χ2v) is 7.34. The van der Waals surface area contributed by atoms with E-state index in [1.54, 1.807) is 11.9 Å². The van der Waals surface area contributed by atoms with Crippen molar-refractivity contribution in [2.24, 2.45) is 5.41 Å². The molecule has 0 aliphatic carbocycles. The maximum absolute atomic E-state index is 12.2. The van der Waals surface area contributed by atoms with E-state index in [1.165, 1.54) is 0 Å². The fraction of sp³-hybridized carbons (Fsp3) is 0.579. The summed E-state index contributed by atoms with van der Waals surface area (Å²) in [6.45, 7) is 7.75. The molecule has 1 N–H and O–H groups in total. The molecular weight excluding hydrogens is 320 g/mol. The van der Waals surface area contributed by atoms with Gasteiger partial charge in [0.25, 0.3) is 0 Å². The van der Waals surface area contributed by atoms with E-state index in [9.17, 15) is 9.59 Å².